The van der Waals surface area contributed by atoms with Gasteiger partial charge in [-0.1, -0.05) is 31.1 Å². The van der Waals surface area contributed by atoms with Gasteiger partial charge in [0.15, 0.2) is 0 Å². The van der Waals surface area contributed by atoms with Crippen LogP contribution in [0.4, 0.5) is 4.39 Å². The second-order valence-electron chi connectivity index (χ2n) is 6.39. The first-order chi connectivity index (χ1) is 10.1. The Bertz CT molecular complexity index is 530. The Balaban J connectivity index is 1.80. The molecular formula is C17H23FN2S. The minimum absolute atomic E-state index is 0.268. The Labute approximate surface area is 131 Å². The van der Waals surface area contributed by atoms with Gasteiger partial charge in [-0.05, 0) is 55.8 Å². The summed E-state index contributed by atoms with van der Waals surface area (Å²) in [7, 11) is 0. The second-order valence-corrected chi connectivity index (χ2v) is 6.83. The molecular weight excluding hydrogens is 283 g/mol. The minimum Gasteiger partial charge on any atom is -0.389 e. The van der Waals surface area contributed by atoms with Crippen LogP contribution in [0.2, 0.25) is 0 Å². The summed E-state index contributed by atoms with van der Waals surface area (Å²) in [5, 5.41) is 0. The first kappa shape index (κ1) is 14.9. The number of benzene rings is 1. The van der Waals surface area contributed by atoms with E-state index in [1.165, 1.54) is 50.7 Å². The van der Waals surface area contributed by atoms with Gasteiger partial charge in [0.2, 0.25) is 0 Å². The number of thiocarbonyl (C=S) groups is 1. The summed E-state index contributed by atoms with van der Waals surface area (Å²) >= 11 is 5.08. The van der Waals surface area contributed by atoms with Crippen LogP contribution < -0.4 is 5.73 Å². The Morgan fingerprint density at radius 2 is 2.00 bits per heavy atom. The van der Waals surface area contributed by atoms with E-state index in [0.29, 0.717) is 16.6 Å². The summed E-state index contributed by atoms with van der Waals surface area (Å²) in [4.78, 5) is 2.87. The van der Waals surface area contributed by atoms with Crippen LogP contribution in [0.3, 0.4) is 0 Å². The van der Waals surface area contributed by atoms with Crippen molar-refractivity contribution in [2.24, 2.45) is 11.7 Å². The first-order valence-corrected chi connectivity index (χ1v) is 8.38. The van der Waals surface area contributed by atoms with E-state index < -0.39 is 0 Å². The van der Waals surface area contributed by atoms with E-state index in [4.69, 9.17) is 18.0 Å². The molecule has 0 bridgehead atoms. The average Bonchev–Trinajstić information content (AvgIpc) is 2.49. The number of fused-ring (bicyclic) bond motifs is 1. The fourth-order valence-electron chi connectivity index (χ4n) is 4.06. The molecule has 2 aliphatic rings. The number of hydrogen-bond donors (Lipinski definition) is 1. The predicted octanol–water partition coefficient (Wildman–Crippen LogP) is 3.61. The summed E-state index contributed by atoms with van der Waals surface area (Å²) in [6, 6.07) is 5.52. The van der Waals surface area contributed by atoms with Gasteiger partial charge in [-0.25, -0.2) is 4.39 Å². The zero-order valence-electron chi connectivity index (χ0n) is 12.4. The van der Waals surface area contributed by atoms with Crippen molar-refractivity contribution in [1.82, 2.24) is 4.90 Å². The molecule has 0 spiro atoms. The second kappa shape index (κ2) is 6.41. The summed E-state index contributed by atoms with van der Waals surface area (Å²) in [6.07, 6.45) is 8.02. The van der Waals surface area contributed by atoms with E-state index in [2.05, 4.69) is 4.90 Å². The third-order valence-electron chi connectivity index (χ3n) is 5.07. The minimum atomic E-state index is -0.268. The van der Waals surface area contributed by atoms with Crippen molar-refractivity contribution in [3.63, 3.8) is 0 Å². The molecule has 1 saturated carbocycles. The van der Waals surface area contributed by atoms with Crippen LogP contribution in [0.1, 0.15) is 49.7 Å². The SMILES string of the molecule is NC(=S)c1cc(F)ccc1CN1CCC[C@H]2CCCC[C@H]21. The topological polar surface area (TPSA) is 29.3 Å². The third kappa shape index (κ3) is 3.27. The third-order valence-corrected chi connectivity index (χ3v) is 5.29. The van der Waals surface area contributed by atoms with Crippen LogP contribution in [-0.2, 0) is 6.54 Å². The van der Waals surface area contributed by atoms with Crippen molar-refractivity contribution in [2.75, 3.05) is 6.54 Å². The fourth-order valence-corrected chi connectivity index (χ4v) is 4.25. The Kier molecular flexibility index (Phi) is 4.55. The zero-order valence-corrected chi connectivity index (χ0v) is 13.2. The Morgan fingerprint density at radius 3 is 2.81 bits per heavy atom. The molecule has 1 aliphatic heterocycles. The Hall–Kier alpha value is -1.00. The lowest BCUT2D eigenvalue weighted by Crippen LogP contribution is -2.46. The van der Waals surface area contributed by atoms with Crippen LogP contribution in [-0.4, -0.2) is 22.5 Å². The van der Waals surface area contributed by atoms with Crippen molar-refractivity contribution in [1.29, 1.82) is 0 Å². The van der Waals surface area contributed by atoms with Crippen LogP contribution in [0.5, 0.6) is 0 Å². The number of nitrogens with two attached hydrogens (primary N) is 1. The molecule has 0 unspecified atom stereocenters. The lowest BCUT2D eigenvalue weighted by Gasteiger charge is -2.44. The van der Waals surface area contributed by atoms with Gasteiger partial charge in [-0.3, -0.25) is 4.90 Å². The molecule has 1 saturated heterocycles. The van der Waals surface area contributed by atoms with Gasteiger partial charge in [0.1, 0.15) is 10.8 Å². The molecule has 2 N–H and O–H groups in total. The number of piperidine rings is 1. The highest BCUT2D eigenvalue weighted by molar-refractivity contribution is 7.80. The molecule has 2 fully saturated rings. The predicted molar refractivity (Wildman–Crippen MR) is 87.7 cm³/mol. The molecule has 1 heterocycles. The molecule has 21 heavy (non-hydrogen) atoms. The van der Waals surface area contributed by atoms with Crippen LogP contribution in [0.25, 0.3) is 0 Å². The number of halogens is 1. The number of likely N-dealkylation sites (tertiary alicyclic amines) is 1. The molecule has 2 atom stereocenters. The lowest BCUT2D eigenvalue weighted by molar-refractivity contribution is 0.0546. The zero-order chi connectivity index (χ0) is 14.8. The van der Waals surface area contributed by atoms with E-state index in [-0.39, 0.29) is 5.82 Å². The van der Waals surface area contributed by atoms with Gasteiger partial charge in [0.05, 0.1) is 0 Å². The highest BCUT2D eigenvalue weighted by Crippen LogP contribution is 2.36. The Morgan fingerprint density at radius 1 is 1.24 bits per heavy atom. The van der Waals surface area contributed by atoms with Crippen molar-refractivity contribution < 1.29 is 4.39 Å². The largest absolute Gasteiger partial charge is 0.389 e. The summed E-state index contributed by atoms with van der Waals surface area (Å²) in [5.74, 6) is 0.581. The monoisotopic (exact) mass is 306 g/mol. The first-order valence-electron chi connectivity index (χ1n) is 7.97. The molecule has 1 aromatic rings. The fraction of sp³-hybridized carbons (Fsp3) is 0.588. The maximum atomic E-state index is 13.4. The highest BCUT2D eigenvalue weighted by atomic mass is 32.1. The van der Waals surface area contributed by atoms with Gasteiger partial charge in [0.25, 0.3) is 0 Å². The molecule has 2 nitrogen and oxygen atoms in total. The molecule has 4 heteroatoms. The molecule has 1 aromatic carbocycles. The maximum Gasteiger partial charge on any atom is 0.123 e. The standard InChI is InChI=1S/C17H23FN2S/c18-14-8-7-13(15(10-14)17(19)21)11-20-9-3-5-12-4-1-2-6-16(12)20/h7-8,10,12,16H,1-6,9,11H2,(H2,19,21)/t12-,16-/m1/s1. The molecule has 0 amide bonds. The smallest absolute Gasteiger partial charge is 0.123 e. The number of nitrogens with zero attached hydrogens (tertiary/aromatic N) is 1. The lowest BCUT2D eigenvalue weighted by atomic mass is 9.78. The summed E-state index contributed by atoms with van der Waals surface area (Å²) in [5.41, 5.74) is 7.53. The molecule has 1 aliphatic carbocycles. The number of hydrogen-bond acceptors (Lipinski definition) is 2. The van der Waals surface area contributed by atoms with E-state index >= 15 is 0 Å². The molecule has 114 valence electrons. The van der Waals surface area contributed by atoms with Crippen LogP contribution in [0, 0.1) is 11.7 Å². The summed E-state index contributed by atoms with van der Waals surface area (Å²) < 4.78 is 13.4. The van der Waals surface area contributed by atoms with Gasteiger partial charge >= 0.3 is 0 Å². The highest BCUT2D eigenvalue weighted by Gasteiger charge is 2.33. The molecule has 3 rings (SSSR count). The van der Waals surface area contributed by atoms with Gasteiger partial charge in [0, 0.05) is 18.2 Å². The van der Waals surface area contributed by atoms with Gasteiger partial charge in [-0.15, -0.1) is 0 Å². The quantitative estimate of drug-likeness (QED) is 0.865. The van der Waals surface area contributed by atoms with Crippen LogP contribution >= 0.6 is 12.2 Å². The average molecular weight is 306 g/mol. The van der Waals surface area contributed by atoms with Gasteiger partial charge < -0.3 is 5.73 Å². The number of rotatable bonds is 3. The normalized spacial score (nSPS) is 26.3. The van der Waals surface area contributed by atoms with Gasteiger partial charge in [-0.2, -0.15) is 0 Å². The van der Waals surface area contributed by atoms with E-state index in [9.17, 15) is 4.39 Å². The van der Waals surface area contributed by atoms with Crippen molar-refractivity contribution in [3.05, 3.63) is 35.1 Å². The van der Waals surface area contributed by atoms with E-state index in [1.54, 1.807) is 0 Å². The molecule has 0 radical (unpaired) electrons. The van der Waals surface area contributed by atoms with Crippen LogP contribution in [0.15, 0.2) is 18.2 Å². The van der Waals surface area contributed by atoms with Crippen molar-refractivity contribution in [3.8, 4) is 0 Å². The summed E-state index contributed by atoms with van der Waals surface area (Å²) in [6.45, 7) is 1.98. The molecule has 0 aromatic heterocycles. The van der Waals surface area contributed by atoms with Crippen molar-refractivity contribution in [2.45, 2.75) is 51.1 Å². The van der Waals surface area contributed by atoms with E-state index in [1.807, 2.05) is 6.07 Å². The van der Waals surface area contributed by atoms with E-state index in [0.717, 1.165) is 24.6 Å². The maximum absolute atomic E-state index is 13.4. The van der Waals surface area contributed by atoms with Crippen molar-refractivity contribution >= 4 is 17.2 Å².